The summed E-state index contributed by atoms with van der Waals surface area (Å²) in [5, 5.41) is 0. The molecule has 0 aromatic carbocycles. The lowest BCUT2D eigenvalue weighted by molar-refractivity contribution is 0.490. The quantitative estimate of drug-likeness (QED) is 0.696. The summed E-state index contributed by atoms with van der Waals surface area (Å²) < 4.78 is 29.9. The molecule has 0 bridgehead atoms. The van der Waals surface area contributed by atoms with Crippen LogP contribution in [0.2, 0.25) is 0 Å². The number of rotatable bonds is 4. The molecule has 72 valence electrons. The highest BCUT2D eigenvalue weighted by atomic mass is 32.2. The van der Waals surface area contributed by atoms with E-state index >= 15 is 0 Å². The molecule has 0 unspecified atom stereocenters. The van der Waals surface area contributed by atoms with E-state index in [9.17, 15) is 8.42 Å². The van der Waals surface area contributed by atoms with Gasteiger partial charge in [0.1, 0.15) is 0 Å². The van der Waals surface area contributed by atoms with E-state index in [0.717, 1.165) is 24.8 Å². The van der Waals surface area contributed by atoms with E-state index in [1.165, 1.54) is 6.92 Å². The van der Waals surface area contributed by atoms with Crippen molar-refractivity contribution < 1.29 is 13.0 Å². The van der Waals surface area contributed by atoms with E-state index in [0.29, 0.717) is 0 Å². The molecule has 0 spiro atoms. The largest absolute Gasteiger partial charge is 0.290 e. The maximum Gasteiger partial charge on any atom is 0.290 e. The summed E-state index contributed by atoms with van der Waals surface area (Å²) >= 11 is 0. The van der Waals surface area contributed by atoms with Crippen LogP contribution in [-0.2, 0) is 10.1 Å². The Balaban J connectivity index is 4.48. The van der Waals surface area contributed by atoms with Crippen LogP contribution in [-0.4, -0.2) is 13.0 Å². The van der Waals surface area contributed by atoms with Crippen molar-refractivity contribution in [3.8, 4) is 0 Å². The van der Waals surface area contributed by atoms with Crippen LogP contribution >= 0.6 is 0 Å². The van der Waals surface area contributed by atoms with Gasteiger partial charge in [0.2, 0.25) is 0 Å². The maximum absolute atomic E-state index is 10.6. The van der Waals surface area contributed by atoms with Crippen molar-refractivity contribution in [1.82, 2.24) is 0 Å². The van der Waals surface area contributed by atoms with Crippen molar-refractivity contribution in [3.05, 3.63) is 10.5 Å². The van der Waals surface area contributed by atoms with Crippen LogP contribution in [0.3, 0.4) is 0 Å². The van der Waals surface area contributed by atoms with Gasteiger partial charge in [0.25, 0.3) is 10.1 Å². The van der Waals surface area contributed by atoms with Crippen molar-refractivity contribution in [2.24, 2.45) is 0 Å². The average Bonchev–Trinajstić information content (AvgIpc) is 1.97. The Labute approximate surface area is 74.2 Å². The van der Waals surface area contributed by atoms with Gasteiger partial charge in [-0.1, -0.05) is 18.9 Å². The SMILES string of the molecule is CCCCC(C)=C(C)S(=O)(=O)O. The first kappa shape index (κ1) is 11.6. The van der Waals surface area contributed by atoms with Crippen LogP contribution in [0.15, 0.2) is 10.5 Å². The standard InChI is InChI=1S/C8H16O3S/c1-4-5-6-7(2)8(3)12(9,10)11/h4-6H2,1-3H3,(H,9,10,11). The fraction of sp³-hybridized carbons (Fsp3) is 0.750. The average molecular weight is 192 g/mol. The molecular formula is C8H16O3S. The van der Waals surface area contributed by atoms with Gasteiger partial charge in [-0.25, -0.2) is 0 Å². The van der Waals surface area contributed by atoms with E-state index < -0.39 is 10.1 Å². The molecule has 0 aromatic rings. The molecule has 3 nitrogen and oxygen atoms in total. The summed E-state index contributed by atoms with van der Waals surface area (Å²) in [7, 11) is -3.95. The lowest BCUT2D eigenvalue weighted by Gasteiger charge is -2.03. The minimum absolute atomic E-state index is 0.0935. The van der Waals surface area contributed by atoms with Crippen molar-refractivity contribution in [1.29, 1.82) is 0 Å². The Hall–Kier alpha value is -0.350. The van der Waals surface area contributed by atoms with Gasteiger partial charge >= 0.3 is 0 Å². The topological polar surface area (TPSA) is 54.4 Å². The molecule has 0 saturated heterocycles. The van der Waals surface area contributed by atoms with E-state index in [-0.39, 0.29) is 4.91 Å². The van der Waals surface area contributed by atoms with E-state index in [1.807, 2.05) is 6.92 Å². The number of hydrogen-bond acceptors (Lipinski definition) is 2. The smallest absolute Gasteiger partial charge is 0.282 e. The van der Waals surface area contributed by atoms with Gasteiger partial charge in [-0.2, -0.15) is 8.42 Å². The number of hydrogen-bond donors (Lipinski definition) is 1. The molecule has 0 heterocycles. The summed E-state index contributed by atoms with van der Waals surface area (Å²) in [6.07, 6.45) is 2.72. The van der Waals surface area contributed by atoms with Crippen molar-refractivity contribution in [3.63, 3.8) is 0 Å². The predicted molar refractivity (Wildman–Crippen MR) is 49.4 cm³/mol. The predicted octanol–water partition coefficient (Wildman–Crippen LogP) is 2.36. The van der Waals surface area contributed by atoms with Crippen LogP contribution in [0, 0.1) is 0 Å². The van der Waals surface area contributed by atoms with Gasteiger partial charge in [0, 0.05) is 0 Å². The monoisotopic (exact) mass is 192 g/mol. The second-order valence-electron chi connectivity index (χ2n) is 2.92. The van der Waals surface area contributed by atoms with Crippen LogP contribution in [0.5, 0.6) is 0 Å². The van der Waals surface area contributed by atoms with Gasteiger partial charge in [-0.15, -0.1) is 0 Å². The normalized spacial score (nSPS) is 14.3. The first-order valence-electron chi connectivity index (χ1n) is 4.03. The molecule has 0 radical (unpaired) electrons. The molecule has 0 aliphatic heterocycles. The fourth-order valence-corrected chi connectivity index (χ4v) is 1.38. The van der Waals surface area contributed by atoms with E-state index in [4.69, 9.17) is 4.55 Å². The minimum Gasteiger partial charge on any atom is -0.282 e. The molecule has 1 N–H and O–H groups in total. The molecule has 12 heavy (non-hydrogen) atoms. The highest BCUT2D eigenvalue weighted by molar-refractivity contribution is 7.89. The zero-order chi connectivity index (χ0) is 9.78. The molecule has 0 aromatic heterocycles. The Morgan fingerprint density at radius 1 is 1.33 bits per heavy atom. The Bertz CT molecular complexity index is 262. The van der Waals surface area contributed by atoms with Crippen molar-refractivity contribution >= 4 is 10.1 Å². The van der Waals surface area contributed by atoms with Crippen molar-refractivity contribution in [2.75, 3.05) is 0 Å². The molecule has 0 saturated carbocycles. The fourth-order valence-electron chi connectivity index (χ4n) is 0.838. The third kappa shape index (κ3) is 3.88. The molecular weight excluding hydrogens is 176 g/mol. The van der Waals surface area contributed by atoms with Crippen LogP contribution < -0.4 is 0 Å². The van der Waals surface area contributed by atoms with Crippen LogP contribution in [0.4, 0.5) is 0 Å². The Morgan fingerprint density at radius 2 is 1.83 bits per heavy atom. The third-order valence-electron chi connectivity index (χ3n) is 1.89. The van der Waals surface area contributed by atoms with Crippen molar-refractivity contribution in [2.45, 2.75) is 40.0 Å². The first-order valence-corrected chi connectivity index (χ1v) is 5.47. The van der Waals surface area contributed by atoms with Gasteiger partial charge < -0.3 is 0 Å². The maximum atomic E-state index is 10.6. The highest BCUT2D eigenvalue weighted by Gasteiger charge is 2.10. The van der Waals surface area contributed by atoms with E-state index in [2.05, 4.69) is 0 Å². The Morgan fingerprint density at radius 3 is 2.17 bits per heavy atom. The van der Waals surface area contributed by atoms with Crippen LogP contribution in [0.1, 0.15) is 40.0 Å². The third-order valence-corrected chi connectivity index (χ3v) is 3.02. The van der Waals surface area contributed by atoms with E-state index in [1.54, 1.807) is 6.92 Å². The summed E-state index contributed by atoms with van der Waals surface area (Å²) in [6.45, 7) is 5.20. The zero-order valence-electron chi connectivity index (χ0n) is 7.79. The molecule has 0 atom stereocenters. The second-order valence-corrected chi connectivity index (χ2v) is 4.48. The molecule has 0 aliphatic carbocycles. The Kier molecular flexibility index (Phi) is 4.49. The lowest BCUT2D eigenvalue weighted by atomic mass is 10.1. The minimum atomic E-state index is -3.95. The zero-order valence-corrected chi connectivity index (χ0v) is 8.61. The lowest BCUT2D eigenvalue weighted by Crippen LogP contribution is -2.01. The van der Waals surface area contributed by atoms with Gasteiger partial charge in [-0.05, 0) is 26.7 Å². The number of unbranched alkanes of at least 4 members (excludes halogenated alkanes) is 1. The summed E-state index contributed by atoms with van der Waals surface area (Å²) in [6, 6.07) is 0. The second kappa shape index (κ2) is 4.62. The molecule has 0 rings (SSSR count). The first-order chi connectivity index (χ1) is 5.39. The summed E-state index contributed by atoms with van der Waals surface area (Å²) in [5.74, 6) is 0. The molecule has 0 amide bonds. The molecule has 4 heteroatoms. The van der Waals surface area contributed by atoms with Gasteiger partial charge in [0.15, 0.2) is 0 Å². The molecule has 0 aliphatic rings. The van der Waals surface area contributed by atoms with Gasteiger partial charge in [0.05, 0.1) is 4.91 Å². The summed E-state index contributed by atoms with van der Waals surface area (Å²) in [5.41, 5.74) is 0.749. The van der Waals surface area contributed by atoms with Crippen LogP contribution in [0.25, 0.3) is 0 Å². The highest BCUT2D eigenvalue weighted by Crippen LogP contribution is 2.15. The molecule has 0 fully saturated rings. The van der Waals surface area contributed by atoms with Gasteiger partial charge in [-0.3, -0.25) is 4.55 Å². The summed E-state index contributed by atoms with van der Waals surface area (Å²) in [4.78, 5) is 0.0935. The number of allylic oxidation sites excluding steroid dienone is 2.